The number of hydrogen-bond acceptors (Lipinski definition) is 9. The van der Waals surface area contributed by atoms with E-state index in [1.807, 2.05) is 0 Å². The summed E-state index contributed by atoms with van der Waals surface area (Å²) < 4.78 is 0. The van der Waals surface area contributed by atoms with Crippen molar-refractivity contribution >= 4 is 34.0 Å². The number of carbonyl (C=O) groups is 4. The fourth-order valence-electron chi connectivity index (χ4n) is 5.42. The van der Waals surface area contributed by atoms with Gasteiger partial charge in [0.15, 0.2) is 28.9 Å². The van der Waals surface area contributed by atoms with E-state index in [4.69, 9.17) is 5.73 Å². The number of primary amides is 1. The fraction of sp³-hybridized carbons (Fsp3) is 0.391. The molecule has 174 valence electrons. The van der Waals surface area contributed by atoms with Gasteiger partial charge in [0.05, 0.1) is 11.4 Å². The SMILES string of the molecule is CC(=O)c1ccc(O)c2c(O)c3c(cc12)C[C@H]1[C@H](N(C)C)C(=O)C(C(N)=O)C(=O)[C@@]1(O)C3O. The third-order valence-electron chi connectivity index (χ3n) is 6.91. The van der Waals surface area contributed by atoms with Crippen LogP contribution in [0.3, 0.4) is 0 Å². The molecule has 0 saturated heterocycles. The summed E-state index contributed by atoms with van der Waals surface area (Å²) in [5.74, 6) is -7.70. The van der Waals surface area contributed by atoms with Gasteiger partial charge in [-0.3, -0.25) is 24.1 Å². The zero-order valence-electron chi connectivity index (χ0n) is 18.2. The summed E-state index contributed by atoms with van der Waals surface area (Å²) >= 11 is 0. The van der Waals surface area contributed by atoms with E-state index in [0.29, 0.717) is 5.56 Å². The van der Waals surface area contributed by atoms with Crippen LogP contribution in [-0.2, 0) is 20.8 Å². The predicted octanol–water partition coefficient (Wildman–Crippen LogP) is -0.426. The fourth-order valence-corrected chi connectivity index (χ4v) is 5.42. The molecule has 10 heteroatoms. The molecule has 6 N–H and O–H groups in total. The highest BCUT2D eigenvalue weighted by Crippen LogP contribution is 2.53. The Balaban J connectivity index is 2.04. The number of nitrogens with two attached hydrogens (primary N) is 1. The lowest BCUT2D eigenvalue weighted by atomic mass is 9.57. The van der Waals surface area contributed by atoms with Crippen LogP contribution >= 0.6 is 0 Å². The van der Waals surface area contributed by atoms with Gasteiger partial charge in [-0.2, -0.15) is 0 Å². The third-order valence-corrected chi connectivity index (χ3v) is 6.91. The van der Waals surface area contributed by atoms with Crippen LogP contribution in [0.4, 0.5) is 0 Å². The number of Topliss-reactive ketones (excluding diaryl/α,β-unsaturated/α-hetero) is 3. The second-order valence-electron chi connectivity index (χ2n) is 8.96. The Morgan fingerprint density at radius 1 is 1.18 bits per heavy atom. The van der Waals surface area contributed by atoms with Crippen molar-refractivity contribution in [2.24, 2.45) is 17.6 Å². The largest absolute Gasteiger partial charge is 0.507 e. The lowest BCUT2D eigenvalue weighted by Crippen LogP contribution is -2.70. The van der Waals surface area contributed by atoms with Crippen LogP contribution in [0.1, 0.15) is 34.5 Å². The van der Waals surface area contributed by atoms with E-state index >= 15 is 0 Å². The average Bonchev–Trinajstić information content (AvgIpc) is 2.70. The number of ketones is 3. The smallest absolute Gasteiger partial charge is 0.235 e. The second kappa shape index (κ2) is 7.34. The molecule has 0 spiro atoms. The molecule has 10 nitrogen and oxygen atoms in total. The van der Waals surface area contributed by atoms with E-state index in [2.05, 4.69) is 0 Å². The predicted molar refractivity (Wildman–Crippen MR) is 115 cm³/mol. The number of phenolic OH excluding ortho intramolecular Hbond substituents is 2. The van der Waals surface area contributed by atoms with Crippen LogP contribution in [0, 0.1) is 11.8 Å². The van der Waals surface area contributed by atoms with Crippen LogP contribution < -0.4 is 5.73 Å². The molecule has 0 bridgehead atoms. The van der Waals surface area contributed by atoms with Crippen LogP contribution in [0.2, 0.25) is 0 Å². The zero-order valence-corrected chi connectivity index (χ0v) is 18.2. The molecular weight excluding hydrogens is 432 g/mol. The Kier molecular flexibility index (Phi) is 5.08. The number of amides is 1. The van der Waals surface area contributed by atoms with Crippen LogP contribution in [0.25, 0.3) is 10.8 Å². The number of carbonyl (C=O) groups excluding carboxylic acids is 4. The Bertz CT molecular complexity index is 1250. The molecular formula is C23H24N2O8. The third kappa shape index (κ3) is 2.91. The topological polar surface area (TPSA) is 178 Å². The number of nitrogens with zero attached hydrogens (tertiary/aromatic N) is 1. The van der Waals surface area contributed by atoms with Gasteiger partial charge in [0, 0.05) is 22.4 Å². The first-order chi connectivity index (χ1) is 15.3. The lowest BCUT2D eigenvalue weighted by Gasteiger charge is -2.51. The lowest BCUT2D eigenvalue weighted by molar-refractivity contribution is -0.187. The number of hydrogen-bond donors (Lipinski definition) is 5. The minimum absolute atomic E-state index is 0.127. The minimum Gasteiger partial charge on any atom is -0.507 e. The van der Waals surface area contributed by atoms with Gasteiger partial charge >= 0.3 is 0 Å². The van der Waals surface area contributed by atoms with Crippen molar-refractivity contribution in [2.75, 3.05) is 14.1 Å². The Hall–Kier alpha value is -3.34. The maximum absolute atomic E-state index is 13.2. The first-order valence-corrected chi connectivity index (χ1v) is 10.3. The van der Waals surface area contributed by atoms with E-state index < -0.39 is 52.8 Å². The van der Waals surface area contributed by atoms with E-state index in [1.165, 1.54) is 44.1 Å². The highest BCUT2D eigenvalue weighted by molar-refractivity contribution is 6.24. The number of likely N-dealkylation sites (N-methyl/N-ethyl adjacent to an activating group) is 1. The molecule has 2 unspecified atom stereocenters. The van der Waals surface area contributed by atoms with E-state index in [-0.39, 0.29) is 39.9 Å². The van der Waals surface area contributed by atoms with Gasteiger partial charge in [0.25, 0.3) is 0 Å². The quantitative estimate of drug-likeness (QED) is 0.303. The number of benzene rings is 2. The van der Waals surface area contributed by atoms with Crippen molar-refractivity contribution in [3.05, 3.63) is 34.9 Å². The standard InChI is InChI=1S/C23H24N2O8/c1-8(26)10-4-5-13(27)15-11(10)6-9-7-12-17(25(2)3)19(29)16(22(24)32)21(31)23(12,33)20(30)14(9)18(15)28/h4-6,12,16-17,20,27-28,30,33H,7H2,1-3H3,(H2,24,32)/t12-,16?,17-,20?,23-/m0/s1. The molecule has 0 radical (unpaired) electrons. The summed E-state index contributed by atoms with van der Waals surface area (Å²) in [6.07, 6.45) is -2.16. The van der Waals surface area contributed by atoms with Gasteiger partial charge < -0.3 is 26.2 Å². The van der Waals surface area contributed by atoms with Crippen molar-refractivity contribution in [3.63, 3.8) is 0 Å². The van der Waals surface area contributed by atoms with Gasteiger partial charge in [0.1, 0.15) is 17.6 Å². The van der Waals surface area contributed by atoms with E-state index in [1.54, 1.807) is 0 Å². The molecule has 33 heavy (non-hydrogen) atoms. The minimum atomic E-state index is -2.60. The summed E-state index contributed by atoms with van der Waals surface area (Å²) in [7, 11) is 3.06. The van der Waals surface area contributed by atoms with Crippen molar-refractivity contribution < 1.29 is 39.6 Å². The van der Waals surface area contributed by atoms with Crippen LogP contribution in [0.15, 0.2) is 18.2 Å². The van der Waals surface area contributed by atoms with Crippen molar-refractivity contribution in [2.45, 2.75) is 31.1 Å². The Morgan fingerprint density at radius 2 is 1.82 bits per heavy atom. The van der Waals surface area contributed by atoms with E-state index in [9.17, 15) is 39.6 Å². The molecule has 1 saturated carbocycles. The summed E-state index contributed by atoms with van der Waals surface area (Å²) in [5, 5.41) is 44.2. The number of phenols is 2. The monoisotopic (exact) mass is 456 g/mol. The molecule has 2 aromatic rings. The molecule has 0 aliphatic heterocycles. The molecule has 2 aromatic carbocycles. The number of aliphatic hydroxyl groups excluding tert-OH is 1. The van der Waals surface area contributed by atoms with Gasteiger partial charge in [-0.15, -0.1) is 0 Å². The molecule has 2 aliphatic rings. The molecule has 1 fully saturated rings. The van der Waals surface area contributed by atoms with Crippen LogP contribution in [0.5, 0.6) is 11.5 Å². The number of aliphatic hydroxyl groups is 2. The summed E-state index contributed by atoms with van der Waals surface area (Å²) in [6.45, 7) is 1.32. The normalized spacial score (nSPS) is 29.2. The average molecular weight is 456 g/mol. The number of aromatic hydroxyl groups is 2. The van der Waals surface area contributed by atoms with E-state index in [0.717, 1.165) is 0 Å². The number of rotatable bonds is 3. The highest BCUT2D eigenvalue weighted by Gasteiger charge is 2.65. The molecule has 2 aliphatic carbocycles. The van der Waals surface area contributed by atoms with Gasteiger partial charge in [-0.05, 0) is 51.2 Å². The van der Waals surface area contributed by atoms with Crippen molar-refractivity contribution in [3.8, 4) is 11.5 Å². The Morgan fingerprint density at radius 3 is 2.36 bits per heavy atom. The summed E-state index contributed by atoms with van der Waals surface area (Å²) in [5.41, 5.74) is 2.97. The first kappa shape index (κ1) is 22.8. The number of fused-ring (bicyclic) bond motifs is 3. The molecule has 4 rings (SSSR count). The summed E-state index contributed by atoms with van der Waals surface area (Å²) in [6, 6.07) is 2.97. The van der Waals surface area contributed by atoms with Gasteiger partial charge in [0.2, 0.25) is 5.91 Å². The highest BCUT2D eigenvalue weighted by atomic mass is 16.4. The molecule has 0 aromatic heterocycles. The molecule has 1 amide bonds. The van der Waals surface area contributed by atoms with Crippen LogP contribution in [-0.4, -0.2) is 74.3 Å². The summed E-state index contributed by atoms with van der Waals surface area (Å²) in [4.78, 5) is 51.7. The van der Waals surface area contributed by atoms with Gasteiger partial charge in [-0.25, -0.2) is 0 Å². The maximum Gasteiger partial charge on any atom is 0.235 e. The Labute approximate surface area is 188 Å². The maximum atomic E-state index is 13.2. The molecule has 5 atom stereocenters. The second-order valence-corrected chi connectivity index (χ2v) is 8.96. The zero-order chi connectivity index (χ0) is 24.6. The molecule has 0 heterocycles. The van der Waals surface area contributed by atoms with Crippen molar-refractivity contribution in [1.82, 2.24) is 4.90 Å². The van der Waals surface area contributed by atoms with Crippen molar-refractivity contribution in [1.29, 1.82) is 0 Å². The first-order valence-electron chi connectivity index (χ1n) is 10.3. The van der Waals surface area contributed by atoms with Gasteiger partial charge in [-0.1, -0.05) is 0 Å².